The van der Waals surface area contributed by atoms with Crippen LogP contribution in [0, 0.1) is 13.8 Å². The third kappa shape index (κ3) is 3.45. The molecule has 5 aromatic carbocycles. The fourth-order valence-electron chi connectivity index (χ4n) is 6.91. The average Bonchev–Trinajstić information content (AvgIpc) is 3.73. The van der Waals surface area contributed by atoms with Gasteiger partial charge in [-0.2, -0.15) is 0 Å². The van der Waals surface area contributed by atoms with Gasteiger partial charge in [0.2, 0.25) is 0 Å². The molecular formula is C38H26N4O. The van der Waals surface area contributed by atoms with Crippen LogP contribution in [0.25, 0.3) is 65.8 Å². The van der Waals surface area contributed by atoms with Gasteiger partial charge in [-0.15, -0.1) is 0 Å². The lowest BCUT2D eigenvalue weighted by molar-refractivity contribution is 0.484. The highest BCUT2D eigenvalue weighted by atomic mass is 16.5. The standard InChI is InChI=1S/C38H26N4O/c1-23-7-5-8-24(2)35(23)30-10-6-12-34-36(30)29-16-14-26(22-32(29)38-40-18-20-42(34)38)43-25-13-15-27-28-9-3-4-11-33(28)41-19-17-39-37(41)31(27)21-25/h3-22H,1-2H3. The van der Waals surface area contributed by atoms with E-state index < -0.39 is 0 Å². The van der Waals surface area contributed by atoms with E-state index in [0.29, 0.717) is 0 Å². The van der Waals surface area contributed by atoms with E-state index in [-0.39, 0.29) is 0 Å². The molecule has 0 amide bonds. The normalized spacial score (nSPS) is 12.0. The van der Waals surface area contributed by atoms with E-state index in [1.807, 2.05) is 30.9 Å². The fraction of sp³-hybridized carbons (Fsp3) is 0.0526. The molecule has 0 atom stereocenters. The maximum Gasteiger partial charge on any atom is 0.145 e. The zero-order valence-corrected chi connectivity index (χ0v) is 23.7. The number of hydrogen-bond acceptors (Lipinski definition) is 3. The Labute approximate surface area is 247 Å². The highest BCUT2D eigenvalue weighted by Gasteiger charge is 2.17. The Bertz CT molecular complexity index is 2550. The molecule has 0 unspecified atom stereocenters. The predicted molar refractivity (Wildman–Crippen MR) is 175 cm³/mol. The molecule has 5 heteroatoms. The summed E-state index contributed by atoms with van der Waals surface area (Å²) in [6.45, 7) is 4.38. The summed E-state index contributed by atoms with van der Waals surface area (Å²) >= 11 is 0. The van der Waals surface area contributed by atoms with Crippen LogP contribution in [-0.2, 0) is 0 Å². The lowest BCUT2D eigenvalue weighted by atomic mass is 9.91. The first-order chi connectivity index (χ1) is 21.2. The zero-order valence-electron chi connectivity index (χ0n) is 23.7. The van der Waals surface area contributed by atoms with E-state index in [2.05, 4.69) is 119 Å². The van der Waals surface area contributed by atoms with Crippen LogP contribution in [0.1, 0.15) is 11.1 Å². The van der Waals surface area contributed by atoms with E-state index in [9.17, 15) is 0 Å². The molecule has 0 aliphatic carbocycles. The zero-order chi connectivity index (χ0) is 28.7. The van der Waals surface area contributed by atoms with Crippen molar-refractivity contribution in [1.82, 2.24) is 18.8 Å². The monoisotopic (exact) mass is 554 g/mol. The maximum atomic E-state index is 6.55. The smallest absolute Gasteiger partial charge is 0.145 e. The number of nitrogens with zero attached hydrogens (tertiary/aromatic N) is 4. The van der Waals surface area contributed by atoms with Crippen LogP contribution in [0.5, 0.6) is 11.5 Å². The van der Waals surface area contributed by atoms with Gasteiger partial charge in [0, 0.05) is 46.3 Å². The van der Waals surface area contributed by atoms with Gasteiger partial charge in [-0.3, -0.25) is 8.80 Å². The van der Waals surface area contributed by atoms with Gasteiger partial charge in [-0.1, -0.05) is 48.5 Å². The van der Waals surface area contributed by atoms with E-state index in [4.69, 9.17) is 9.72 Å². The van der Waals surface area contributed by atoms with Crippen LogP contribution in [0.4, 0.5) is 0 Å². The Hall–Kier alpha value is -5.68. The molecule has 0 spiro atoms. The van der Waals surface area contributed by atoms with Crippen LogP contribution in [0.2, 0.25) is 0 Å². The number of fused-ring (bicyclic) bond motifs is 12. The van der Waals surface area contributed by atoms with Crippen molar-refractivity contribution in [3.63, 3.8) is 0 Å². The van der Waals surface area contributed by atoms with Crippen molar-refractivity contribution in [1.29, 1.82) is 0 Å². The highest BCUT2D eigenvalue weighted by molar-refractivity contribution is 6.17. The average molecular weight is 555 g/mol. The lowest BCUT2D eigenvalue weighted by Crippen LogP contribution is -1.95. The number of rotatable bonds is 3. The molecule has 4 aromatic heterocycles. The molecule has 43 heavy (non-hydrogen) atoms. The van der Waals surface area contributed by atoms with Crippen molar-refractivity contribution in [2.24, 2.45) is 0 Å². The van der Waals surface area contributed by atoms with Crippen LogP contribution in [0.3, 0.4) is 0 Å². The van der Waals surface area contributed by atoms with Crippen molar-refractivity contribution >= 4 is 54.6 Å². The minimum absolute atomic E-state index is 0.765. The minimum atomic E-state index is 0.765. The molecule has 4 heterocycles. The molecular weight excluding hydrogens is 528 g/mol. The second-order valence-electron chi connectivity index (χ2n) is 11.2. The van der Waals surface area contributed by atoms with Crippen molar-refractivity contribution in [3.8, 4) is 22.6 Å². The van der Waals surface area contributed by atoms with Gasteiger partial charge in [-0.25, -0.2) is 9.97 Å². The first kappa shape index (κ1) is 24.0. The summed E-state index contributed by atoms with van der Waals surface area (Å²) < 4.78 is 10.9. The van der Waals surface area contributed by atoms with Crippen LogP contribution in [0.15, 0.2) is 122 Å². The second kappa shape index (κ2) is 8.91. The largest absolute Gasteiger partial charge is 0.457 e. The van der Waals surface area contributed by atoms with E-state index >= 15 is 0 Å². The highest BCUT2D eigenvalue weighted by Crippen LogP contribution is 2.40. The van der Waals surface area contributed by atoms with Crippen molar-refractivity contribution in [3.05, 3.63) is 133 Å². The van der Waals surface area contributed by atoms with Gasteiger partial charge in [0.1, 0.15) is 22.8 Å². The summed E-state index contributed by atoms with van der Waals surface area (Å²) in [5.74, 6) is 1.53. The van der Waals surface area contributed by atoms with Crippen molar-refractivity contribution in [2.75, 3.05) is 0 Å². The van der Waals surface area contributed by atoms with E-state index in [0.717, 1.165) is 55.4 Å². The summed E-state index contributed by atoms with van der Waals surface area (Å²) in [6, 6.07) is 34.2. The van der Waals surface area contributed by atoms with Gasteiger partial charge in [0.15, 0.2) is 0 Å². The Morgan fingerprint density at radius 1 is 0.535 bits per heavy atom. The molecule has 9 rings (SSSR count). The minimum Gasteiger partial charge on any atom is -0.457 e. The Kier molecular flexibility index (Phi) is 4.97. The molecule has 0 saturated carbocycles. The van der Waals surface area contributed by atoms with Crippen LogP contribution < -0.4 is 4.74 Å². The quantitative estimate of drug-likeness (QED) is 0.204. The molecule has 0 N–H and O–H groups in total. The van der Waals surface area contributed by atoms with Gasteiger partial charge in [0.05, 0.1) is 11.0 Å². The molecule has 5 nitrogen and oxygen atoms in total. The van der Waals surface area contributed by atoms with Crippen molar-refractivity contribution < 1.29 is 4.74 Å². The van der Waals surface area contributed by atoms with Crippen LogP contribution >= 0.6 is 0 Å². The number of hydrogen-bond donors (Lipinski definition) is 0. The van der Waals surface area contributed by atoms with Gasteiger partial charge in [0.25, 0.3) is 0 Å². The SMILES string of the molecule is Cc1cccc(C)c1-c1cccc2c1c1ccc(Oc3ccc4c5ccccc5n5ccnc5c4c3)cc1c1nccn21. The number of aromatic nitrogens is 4. The van der Waals surface area contributed by atoms with Gasteiger partial charge in [-0.05, 0) is 95.4 Å². The predicted octanol–water partition coefficient (Wildman–Crippen LogP) is 9.67. The summed E-state index contributed by atoms with van der Waals surface area (Å²) in [6.07, 6.45) is 7.78. The molecule has 0 saturated heterocycles. The summed E-state index contributed by atoms with van der Waals surface area (Å²) in [5, 5.41) is 6.82. The van der Waals surface area contributed by atoms with E-state index in [1.165, 1.54) is 33.0 Å². The van der Waals surface area contributed by atoms with Gasteiger partial charge < -0.3 is 4.74 Å². The molecule has 0 radical (unpaired) electrons. The van der Waals surface area contributed by atoms with Crippen LogP contribution in [-0.4, -0.2) is 18.8 Å². The summed E-state index contributed by atoms with van der Waals surface area (Å²) in [5.41, 5.74) is 9.15. The maximum absolute atomic E-state index is 6.55. The number of para-hydroxylation sites is 1. The van der Waals surface area contributed by atoms with E-state index in [1.54, 1.807) is 0 Å². The molecule has 0 aliphatic rings. The summed E-state index contributed by atoms with van der Waals surface area (Å²) in [4.78, 5) is 9.46. The third-order valence-electron chi connectivity index (χ3n) is 8.76. The topological polar surface area (TPSA) is 43.8 Å². The first-order valence-electron chi connectivity index (χ1n) is 14.5. The fourth-order valence-corrected chi connectivity index (χ4v) is 6.91. The molecule has 0 bridgehead atoms. The number of benzene rings is 5. The Balaban J connectivity index is 1.24. The number of imidazole rings is 2. The molecule has 9 aromatic rings. The molecule has 0 aliphatic heterocycles. The van der Waals surface area contributed by atoms with Gasteiger partial charge >= 0.3 is 0 Å². The number of ether oxygens (including phenoxy) is 1. The Morgan fingerprint density at radius 3 is 1.88 bits per heavy atom. The van der Waals surface area contributed by atoms with Crippen molar-refractivity contribution in [2.45, 2.75) is 13.8 Å². The summed E-state index contributed by atoms with van der Waals surface area (Å²) in [7, 11) is 0. The lowest BCUT2D eigenvalue weighted by Gasteiger charge is -2.17. The Morgan fingerprint density at radius 2 is 1.14 bits per heavy atom. The second-order valence-corrected chi connectivity index (χ2v) is 11.2. The number of pyridine rings is 2. The number of aryl methyl sites for hydroxylation is 2. The first-order valence-corrected chi connectivity index (χ1v) is 14.5. The molecule has 0 fully saturated rings. The molecule has 204 valence electrons. The third-order valence-corrected chi connectivity index (χ3v) is 8.76.